The van der Waals surface area contributed by atoms with Crippen LogP contribution in [-0.4, -0.2) is 48.2 Å². The van der Waals surface area contributed by atoms with E-state index in [0.717, 1.165) is 54.5 Å². The maximum absolute atomic E-state index is 5.34. The summed E-state index contributed by atoms with van der Waals surface area (Å²) in [5.41, 5.74) is 3.23. The largest absolute Gasteiger partial charge is 0.497 e. The van der Waals surface area contributed by atoms with Crippen molar-refractivity contribution in [2.45, 2.75) is 6.92 Å². The Morgan fingerprint density at radius 3 is 2.40 bits per heavy atom. The average molecular weight is 335 g/mol. The molecule has 0 bridgehead atoms. The monoisotopic (exact) mass is 335 g/mol. The molecular weight excluding hydrogens is 314 g/mol. The molecule has 3 heterocycles. The zero-order chi connectivity index (χ0) is 17.2. The lowest BCUT2D eigenvalue weighted by Gasteiger charge is -2.36. The van der Waals surface area contributed by atoms with Gasteiger partial charge in [0, 0.05) is 61.4 Å². The molecule has 3 aromatic rings. The quantitative estimate of drug-likeness (QED) is 0.733. The van der Waals surface area contributed by atoms with E-state index in [4.69, 9.17) is 4.74 Å². The van der Waals surface area contributed by atoms with Crippen molar-refractivity contribution in [3.05, 3.63) is 48.4 Å². The molecule has 0 atom stereocenters. The lowest BCUT2D eigenvalue weighted by molar-refractivity contribution is 0.415. The van der Waals surface area contributed by atoms with Crippen LogP contribution in [0.2, 0.25) is 0 Å². The molecule has 0 N–H and O–H groups in total. The molecule has 0 unspecified atom stereocenters. The minimum Gasteiger partial charge on any atom is -0.497 e. The first-order valence-corrected chi connectivity index (χ1v) is 8.47. The second-order valence-corrected chi connectivity index (χ2v) is 6.19. The van der Waals surface area contributed by atoms with Gasteiger partial charge in [-0.1, -0.05) is 0 Å². The van der Waals surface area contributed by atoms with Gasteiger partial charge in [-0.25, -0.2) is 9.97 Å². The van der Waals surface area contributed by atoms with Gasteiger partial charge in [0.05, 0.1) is 12.6 Å². The molecule has 0 saturated carbocycles. The molecule has 1 aliphatic rings. The SMILES string of the molecule is COc1ccc2c(N3CCN(c4ncccn4)CC3)cc(C)nc2c1. The molecular formula is C19H21N5O. The van der Waals surface area contributed by atoms with Crippen LogP contribution in [-0.2, 0) is 0 Å². The first kappa shape index (κ1) is 15.6. The summed E-state index contributed by atoms with van der Waals surface area (Å²) in [7, 11) is 1.68. The van der Waals surface area contributed by atoms with Crippen LogP contribution in [0, 0.1) is 6.92 Å². The summed E-state index contributed by atoms with van der Waals surface area (Å²) in [6.45, 7) is 5.72. The van der Waals surface area contributed by atoms with Crippen molar-refractivity contribution < 1.29 is 4.74 Å². The van der Waals surface area contributed by atoms with E-state index in [1.54, 1.807) is 19.5 Å². The van der Waals surface area contributed by atoms with Gasteiger partial charge < -0.3 is 14.5 Å². The van der Waals surface area contributed by atoms with Crippen LogP contribution < -0.4 is 14.5 Å². The number of ether oxygens (including phenoxy) is 1. The van der Waals surface area contributed by atoms with Gasteiger partial charge >= 0.3 is 0 Å². The van der Waals surface area contributed by atoms with Crippen LogP contribution in [0.4, 0.5) is 11.6 Å². The highest BCUT2D eigenvalue weighted by Crippen LogP contribution is 2.30. The number of hydrogen-bond donors (Lipinski definition) is 0. The van der Waals surface area contributed by atoms with E-state index in [-0.39, 0.29) is 0 Å². The number of nitrogens with zero attached hydrogens (tertiary/aromatic N) is 5. The number of methoxy groups -OCH3 is 1. The van der Waals surface area contributed by atoms with Crippen molar-refractivity contribution in [1.29, 1.82) is 0 Å². The fourth-order valence-electron chi connectivity index (χ4n) is 3.31. The lowest BCUT2D eigenvalue weighted by Crippen LogP contribution is -2.47. The summed E-state index contributed by atoms with van der Waals surface area (Å²) in [6.07, 6.45) is 3.59. The van der Waals surface area contributed by atoms with Crippen molar-refractivity contribution in [3.8, 4) is 5.75 Å². The van der Waals surface area contributed by atoms with Crippen LogP contribution in [0.15, 0.2) is 42.7 Å². The van der Waals surface area contributed by atoms with E-state index in [1.807, 2.05) is 25.1 Å². The van der Waals surface area contributed by atoms with Gasteiger partial charge in [0.25, 0.3) is 0 Å². The predicted molar refractivity (Wildman–Crippen MR) is 99.5 cm³/mol. The molecule has 0 amide bonds. The number of piperazine rings is 1. The second-order valence-electron chi connectivity index (χ2n) is 6.19. The van der Waals surface area contributed by atoms with Gasteiger partial charge in [0.15, 0.2) is 0 Å². The van der Waals surface area contributed by atoms with Crippen LogP contribution in [0.1, 0.15) is 5.69 Å². The normalized spacial score (nSPS) is 14.8. The lowest BCUT2D eigenvalue weighted by atomic mass is 10.1. The van der Waals surface area contributed by atoms with Crippen molar-refractivity contribution >= 4 is 22.5 Å². The van der Waals surface area contributed by atoms with E-state index in [9.17, 15) is 0 Å². The van der Waals surface area contributed by atoms with Gasteiger partial charge in [-0.3, -0.25) is 4.98 Å². The Hall–Kier alpha value is -2.89. The fraction of sp³-hybridized carbons (Fsp3) is 0.316. The highest BCUT2D eigenvalue weighted by atomic mass is 16.5. The number of pyridine rings is 1. The number of hydrogen-bond acceptors (Lipinski definition) is 6. The zero-order valence-corrected chi connectivity index (χ0v) is 14.5. The summed E-state index contributed by atoms with van der Waals surface area (Å²) in [5.74, 6) is 1.64. The average Bonchev–Trinajstić information content (AvgIpc) is 2.67. The molecule has 1 saturated heterocycles. The van der Waals surface area contributed by atoms with Gasteiger partial charge in [0.1, 0.15) is 5.75 Å². The van der Waals surface area contributed by atoms with Crippen molar-refractivity contribution in [1.82, 2.24) is 15.0 Å². The number of aryl methyl sites for hydroxylation is 1. The third-order valence-corrected chi connectivity index (χ3v) is 4.58. The Morgan fingerprint density at radius 2 is 1.68 bits per heavy atom. The maximum Gasteiger partial charge on any atom is 0.225 e. The van der Waals surface area contributed by atoms with Gasteiger partial charge in [-0.2, -0.15) is 0 Å². The Kier molecular flexibility index (Phi) is 4.09. The van der Waals surface area contributed by atoms with Crippen molar-refractivity contribution in [2.24, 2.45) is 0 Å². The van der Waals surface area contributed by atoms with E-state index in [2.05, 4.69) is 36.9 Å². The third-order valence-electron chi connectivity index (χ3n) is 4.58. The summed E-state index contributed by atoms with van der Waals surface area (Å²) >= 11 is 0. The first-order chi connectivity index (χ1) is 12.2. The standard InChI is InChI=1S/C19H21N5O/c1-14-12-18(16-5-4-15(25-2)13-17(16)22-14)23-8-10-24(11-9-23)19-20-6-3-7-21-19/h3-7,12-13H,8-11H2,1-2H3. The number of aromatic nitrogens is 3. The molecule has 0 spiro atoms. The summed E-state index contributed by atoms with van der Waals surface area (Å²) < 4.78 is 5.34. The molecule has 1 fully saturated rings. The topological polar surface area (TPSA) is 54.4 Å². The molecule has 2 aromatic heterocycles. The minimum absolute atomic E-state index is 0.808. The molecule has 0 aliphatic carbocycles. The molecule has 6 heteroatoms. The molecule has 128 valence electrons. The molecule has 1 aliphatic heterocycles. The Balaban J connectivity index is 1.60. The van der Waals surface area contributed by atoms with Crippen LogP contribution in [0.5, 0.6) is 5.75 Å². The van der Waals surface area contributed by atoms with Crippen LogP contribution in [0.3, 0.4) is 0 Å². The Morgan fingerprint density at radius 1 is 0.960 bits per heavy atom. The molecule has 1 aromatic carbocycles. The van der Waals surface area contributed by atoms with Gasteiger partial charge in [0.2, 0.25) is 5.95 Å². The van der Waals surface area contributed by atoms with Crippen LogP contribution >= 0.6 is 0 Å². The van der Waals surface area contributed by atoms with Gasteiger partial charge in [-0.05, 0) is 31.2 Å². The number of rotatable bonds is 3. The maximum atomic E-state index is 5.34. The fourth-order valence-corrected chi connectivity index (χ4v) is 3.31. The van der Waals surface area contributed by atoms with Crippen molar-refractivity contribution in [2.75, 3.05) is 43.1 Å². The summed E-state index contributed by atoms with van der Waals surface area (Å²) in [5, 5.41) is 1.16. The number of benzene rings is 1. The Bertz CT molecular complexity index is 876. The zero-order valence-electron chi connectivity index (χ0n) is 14.5. The highest BCUT2D eigenvalue weighted by Gasteiger charge is 2.21. The summed E-state index contributed by atoms with van der Waals surface area (Å²) in [6, 6.07) is 10.1. The van der Waals surface area contributed by atoms with E-state index in [1.165, 1.54) is 5.69 Å². The van der Waals surface area contributed by atoms with Gasteiger partial charge in [-0.15, -0.1) is 0 Å². The predicted octanol–water partition coefficient (Wildman–Crippen LogP) is 2.67. The molecule has 6 nitrogen and oxygen atoms in total. The summed E-state index contributed by atoms with van der Waals surface area (Å²) in [4.78, 5) is 18.0. The number of fused-ring (bicyclic) bond motifs is 1. The van der Waals surface area contributed by atoms with Crippen LogP contribution in [0.25, 0.3) is 10.9 Å². The third kappa shape index (κ3) is 3.07. The number of anilines is 2. The molecule has 0 radical (unpaired) electrons. The smallest absolute Gasteiger partial charge is 0.225 e. The highest BCUT2D eigenvalue weighted by molar-refractivity contribution is 5.93. The minimum atomic E-state index is 0.808. The van der Waals surface area contributed by atoms with E-state index >= 15 is 0 Å². The first-order valence-electron chi connectivity index (χ1n) is 8.47. The van der Waals surface area contributed by atoms with E-state index in [0.29, 0.717) is 0 Å². The molecule has 4 rings (SSSR count). The van der Waals surface area contributed by atoms with E-state index < -0.39 is 0 Å². The second kappa shape index (κ2) is 6.55. The Labute approximate surface area is 147 Å². The molecule has 25 heavy (non-hydrogen) atoms. The van der Waals surface area contributed by atoms with Crippen molar-refractivity contribution in [3.63, 3.8) is 0 Å².